The van der Waals surface area contributed by atoms with E-state index in [2.05, 4.69) is 124 Å². The summed E-state index contributed by atoms with van der Waals surface area (Å²) in [6.07, 6.45) is 20.4. The summed E-state index contributed by atoms with van der Waals surface area (Å²) < 4.78 is 11.4. The minimum absolute atomic E-state index is 0.273. The summed E-state index contributed by atoms with van der Waals surface area (Å²) in [6.45, 7) is 12.7. The number of hydrogen-bond donors (Lipinski definition) is 1. The van der Waals surface area contributed by atoms with Gasteiger partial charge in [-0.2, -0.15) is 5.26 Å². The highest BCUT2D eigenvalue weighted by Gasteiger charge is 2.20. The highest BCUT2D eigenvalue weighted by molar-refractivity contribution is 7.71. The summed E-state index contributed by atoms with van der Waals surface area (Å²) in [6, 6.07) is 32.7. The maximum Gasteiger partial charge on any atom is 0.346 e. The Hall–Kier alpha value is -5.06. The van der Waals surface area contributed by atoms with Gasteiger partial charge in [0.25, 0.3) is 0 Å². The van der Waals surface area contributed by atoms with E-state index < -0.39 is 5.97 Å². The van der Waals surface area contributed by atoms with Crippen LogP contribution in [0.4, 0.5) is 17.1 Å². The number of benzene rings is 3. The van der Waals surface area contributed by atoms with E-state index >= 15 is 0 Å². The number of aryl methyl sites for hydroxylation is 4. The van der Waals surface area contributed by atoms with Gasteiger partial charge in [0, 0.05) is 62.7 Å². The smallest absolute Gasteiger partial charge is 0.346 e. The van der Waals surface area contributed by atoms with Gasteiger partial charge in [-0.15, -0.1) is 22.7 Å². The summed E-state index contributed by atoms with van der Waals surface area (Å²) in [5.74, 6) is -1.22. The maximum absolute atomic E-state index is 11.5. The number of rotatable bonds is 27. The minimum Gasteiger partial charge on any atom is -0.477 e. The number of imidazole rings is 2. The van der Waals surface area contributed by atoms with Crippen LogP contribution in [0.2, 0.25) is 0 Å². The van der Waals surface area contributed by atoms with Crippen molar-refractivity contribution in [3.8, 4) is 26.3 Å². The minimum atomic E-state index is -1.22. The molecule has 4 aromatic heterocycles. The number of carboxylic acid groups (broad SMARTS) is 1. The monoisotopic (exact) mass is 984 g/mol. The molecule has 0 saturated carbocycles. The van der Waals surface area contributed by atoms with Gasteiger partial charge in [-0.05, 0) is 135 Å². The van der Waals surface area contributed by atoms with Gasteiger partial charge in [-0.1, -0.05) is 117 Å². The van der Waals surface area contributed by atoms with Gasteiger partial charge in [0.2, 0.25) is 0 Å². The molecule has 8 nitrogen and oxygen atoms in total. The lowest BCUT2D eigenvalue weighted by Gasteiger charge is -2.26. The Morgan fingerprint density at radius 3 is 1.40 bits per heavy atom. The molecule has 0 saturated heterocycles. The summed E-state index contributed by atoms with van der Waals surface area (Å²) in [5.41, 5.74) is 8.84. The van der Waals surface area contributed by atoms with Crippen LogP contribution < -0.4 is 4.90 Å². The van der Waals surface area contributed by atoms with Crippen LogP contribution in [0.1, 0.15) is 135 Å². The Kier molecular flexibility index (Phi) is 18.7. The number of aromatic nitrogens is 4. The number of carbonyl (C=O) groups is 1. The average Bonchev–Trinajstić information content (AvgIpc) is 4.14. The lowest BCUT2D eigenvalue weighted by molar-refractivity contribution is -0.132. The summed E-state index contributed by atoms with van der Waals surface area (Å²) in [4.78, 5) is 17.9. The van der Waals surface area contributed by atoms with E-state index in [-0.39, 0.29) is 5.57 Å². The SMILES string of the molecule is CCCCCCn1c(=S)n(CCCCCC)c2cc(N(c3ccc(-c4ccc(-c5ccc(/C=C(\C#N)C(=O)O)s5)s4)cc3)c3ccc4c(c3)n(CCCCCC)c(=S)n4CCCCCC)ccc21. The normalized spacial score (nSPS) is 11.8. The quantitative estimate of drug-likeness (QED) is 0.0239. The van der Waals surface area contributed by atoms with Crippen molar-refractivity contribution in [2.45, 2.75) is 157 Å². The third-order valence-electron chi connectivity index (χ3n) is 13.0. The molecule has 0 fully saturated rings. The molecule has 0 aliphatic heterocycles. The van der Waals surface area contributed by atoms with E-state index in [0.717, 1.165) is 104 Å². The molecular formula is C56H68N6O2S4. The van der Waals surface area contributed by atoms with Crippen molar-refractivity contribution in [3.63, 3.8) is 0 Å². The van der Waals surface area contributed by atoms with Crippen molar-refractivity contribution in [3.05, 3.63) is 105 Å². The number of hydrogen-bond acceptors (Lipinski definition) is 7. The van der Waals surface area contributed by atoms with E-state index in [1.807, 2.05) is 12.1 Å². The fourth-order valence-corrected chi connectivity index (χ4v) is 12.1. The molecule has 1 N–H and O–H groups in total. The third-order valence-corrected chi connectivity index (χ3v) is 16.2. The second-order valence-electron chi connectivity index (χ2n) is 18.0. The standard InChI is InChI=1S/C56H68N6O2S4/c1-5-9-13-17-33-58-47-28-25-44(38-49(47)60(55(58)65)35-19-15-11-7-3)62(45-26-29-48-50(39-45)61(36-20-16-12-8-4)56(66)59(48)34-18-14-10-6-2)43-23-21-41(22-24-43)51-31-32-53(68-51)52-30-27-46(67-52)37-42(40-57)54(63)64/h21-32,37-39H,5-20,33-36H2,1-4H3,(H,63,64)/b42-37+. The van der Waals surface area contributed by atoms with Crippen LogP contribution in [0, 0.1) is 20.9 Å². The first-order chi connectivity index (χ1) is 33.2. The summed E-state index contributed by atoms with van der Waals surface area (Å²) in [5, 5.41) is 18.6. The fraction of sp³-hybridized carbons (Fsp3) is 0.429. The second-order valence-corrected chi connectivity index (χ2v) is 20.9. The number of fused-ring (bicyclic) bond motifs is 2. The largest absolute Gasteiger partial charge is 0.477 e. The maximum atomic E-state index is 11.5. The van der Waals surface area contributed by atoms with E-state index in [9.17, 15) is 15.2 Å². The van der Waals surface area contributed by atoms with Crippen molar-refractivity contribution < 1.29 is 9.90 Å². The zero-order valence-corrected chi connectivity index (χ0v) is 43.7. The number of carboxylic acids is 1. The number of thiophene rings is 2. The molecule has 0 amide bonds. The Morgan fingerprint density at radius 2 is 0.956 bits per heavy atom. The first-order valence-corrected chi connectivity index (χ1v) is 27.6. The van der Waals surface area contributed by atoms with E-state index in [4.69, 9.17) is 24.4 Å². The van der Waals surface area contributed by atoms with Crippen molar-refractivity contribution in [1.82, 2.24) is 18.3 Å². The number of aliphatic carboxylic acids is 1. The average molecular weight is 985 g/mol. The van der Waals surface area contributed by atoms with Gasteiger partial charge in [0.05, 0.1) is 22.1 Å². The molecule has 0 unspecified atom stereocenters. The first-order valence-electron chi connectivity index (χ1n) is 25.1. The van der Waals surface area contributed by atoms with Crippen molar-refractivity contribution in [2.75, 3.05) is 4.90 Å². The molecule has 3 aromatic carbocycles. The predicted octanol–water partition coefficient (Wildman–Crippen LogP) is 17.9. The number of unbranched alkanes of at least 4 members (excludes halogenated alkanes) is 12. The Bertz CT molecular complexity index is 2850. The number of anilines is 3. The van der Waals surface area contributed by atoms with E-state index in [1.165, 1.54) is 117 Å². The molecule has 358 valence electrons. The van der Waals surface area contributed by atoms with Crippen LogP contribution in [0.25, 0.3) is 48.3 Å². The lowest BCUT2D eigenvalue weighted by Crippen LogP contribution is -2.10. The van der Waals surface area contributed by atoms with Crippen LogP contribution in [0.15, 0.2) is 90.5 Å². The van der Waals surface area contributed by atoms with Crippen molar-refractivity contribution in [2.24, 2.45) is 0 Å². The molecule has 0 bridgehead atoms. The molecule has 12 heteroatoms. The fourth-order valence-electron chi connectivity index (χ4n) is 9.24. The van der Waals surface area contributed by atoms with Crippen LogP contribution >= 0.6 is 47.1 Å². The molecule has 68 heavy (non-hydrogen) atoms. The Morgan fingerprint density at radius 1 is 0.544 bits per heavy atom. The van der Waals surface area contributed by atoms with Crippen molar-refractivity contribution >= 4 is 98.3 Å². The van der Waals surface area contributed by atoms with Gasteiger partial charge < -0.3 is 28.3 Å². The topological polar surface area (TPSA) is 84.1 Å². The first kappa shape index (κ1) is 50.8. The van der Waals surface area contributed by atoms with Gasteiger partial charge in [0.1, 0.15) is 11.6 Å². The molecular weight excluding hydrogens is 917 g/mol. The van der Waals surface area contributed by atoms with Gasteiger partial charge >= 0.3 is 5.97 Å². The summed E-state index contributed by atoms with van der Waals surface area (Å²) in [7, 11) is 0. The second kappa shape index (κ2) is 25.0. The highest BCUT2D eigenvalue weighted by atomic mass is 32.1. The third kappa shape index (κ3) is 12.0. The number of nitriles is 1. The van der Waals surface area contributed by atoms with Gasteiger partial charge in [-0.3, -0.25) is 0 Å². The Balaban J connectivity index is 1.32. The lowest BCUT2D eigenvalue weighted by atomic mass is 10.1. The predicted molar refractivity (Wildman–Crippen MR) is 294 cm³/mol. The number of nitrogens with zero attached hydrogens (tertiary/aromatic N) is 6. The van der Waals surface area contributed by atoms with Gasteiger partial charge in [0.15, 0.2) is 9.54 Å². The molecule has 0 aliphatic carbocycles. The molecule has 0 atom stereocenters. The molecule has 0 spiro atoms. The molecule has 7 aromatic rings. The van der Waals surface area contributed by atoms with E-state index in [1.54, 1.807) is 17.4 Å². The highest BCUT2D eigenvalue weighted by Crippen LogP contribution is 2.42. The van der Waals surface area contributed by atoms with Crippen LogP contribution in [-0.4, -0.2) is 29.3 Å². The van der Waals surface area contributed by atoms with Crippen LogP contribution in [0.5, 0.6) is 0 Å². The zero-order chi connectivity index (χ0) is 48.0. The van der Waals surface area contributed by atoms with Crippen molar-refractivity contribution in [1.29, 1.82) is 5.26 Å². The molecule has 0 radical (unpaired) electrons. The molecule has 0 aliphatic rings. The van der Waals surface area contributed by atoms with Crippen LogP contribution in [-0.2, 0) is 31.0 Å². The zero-order valence-electron chi connectivity index (χ0n) is 40.5. The van der Waals surface area contributed by atoms with Gasteiger partial charge in [-0.25, -0.2) is 4.79 Å². The Labute approximate surface area is 421 Å². The van der Waals surface area contributed by atoms with Crippen LogP contribution in [0.3, 0.4) is 0 Å². The summed E-state index contributed by atoms with van der Waals surface area (Å²) >= 11 is 15.8. The van der Waals surface area contributed by atoms with E-state index in [0.29, 0.717) is 0 Å². The molecule has 7 rings (SSSR count). The molecule has 4 heterocycles.